The van der Waals surface area contributed by atoms with Crippen molar-refractivity contribution in [1.29, 1.82) is 0 Å². The van der Waals surface area contributed by atoms with Crippen molar-refractivity contribution < 1.29 is 24.4 Å². The summed E-state index contributed by atoms with van der Waals surface area (Å²) in [6, 6.07) is -0.794. The molecule has 0 rings (SSSR count). The summed E-state index contributed by atoms with van der Waals surface area (Å²) in [5, 5.41) is 8.23. The van der Waals surface area contributed by atoms with E-state index < -0.39 is 25.8 Å². The molecule has 78 valence electrons. The second-order valence-electron chi connectivity index (χ2n) is 2.72. The predicted octanol–water partition coefficient (Wildman–Crippen LogP) is -1.05. The number of carbonyl (C=O) groups is 1. The fraction of sp³-hybridized carbons (Fsp3) is 0.800. The van der Waals surface area contributed by atoms with E-state index in [1.54, 1.807) is 0 Å². The number of hydrogen-bond donors (Lipinski definition) is 4. The highest BCUT2D eigenvalue weighted by molar-refractivity contribution is 7.51. The van der Waals surface area contributed by atoms with E-state index in [0.29, 0.717) is 0 Å². The summed E-state index contributed by atoms with van der Waals surface area (Å²) in [5.74, 6) is -0.712. The highest BCUT2D eigenvalue weighted by Crippen LogP contribution is 2.34. The number of rotatable bonds is 4. The van der Waals surface area contributed by atoms with E-state index in [1.165, 1.54) is 19.5 Å². The Hall–Kier alpha value is -0.460. The van der Waals surface area contributed by atoms with E-state index in [2.05, 4.69) is 0 Å². The minimum Gasteiger partial charge on any atom is -0.324 e. The predicted molar refractivity (Wildman–Crippen MR) is 44.1 cm³/mol. The lowest BCUT2D eigenvalue weighted by Gasteiger charge is -2.22. The fourth-order valence-corrected chi connectivity index (χ4v) is 1.53. The highest BCUT2D eigenvalue weighted by Gasteiger charge is 2.24. The van der Waals surface area contributed by atoms with Gasteiger partial charge in [-0.1, -0.05) is 0 Å². The van der Waals surface area contributed by atoms with Crippen molar-refractivity contribution in [3.63, 3.8) is 0 Å². The highest BCUT2D eigenvalue weighted by atomic mass is 31.2. The van der Waals surface area contributed by atoms with Crippen molar-refractivity contribution in [1.82, 2.24) is 10.4 Å². The van der Waals surface area contributed by atoms with E-state index in [9.17, 15) is 9.36 Å². The molecular weight excluding hydrogens is 199 g/mol. The van der Waals surface area contributed by atoms with Crippen LogP contribution < -0.4 is 5.48 Å². The molecule has 0 saturated carbocycles. The molecule has 0 aliphatic heterocycles. The SMILES string of the molecule is C[C@@H](C(=O)NO)N(C)CP(=O)(O)O. The molecule has 0 saturated heterocycles. The van der Waals surface area contributed by atoms with Crippen LogP contribution in [0.2, 0.25) is 0 Å². The third kappa shape index (κ3) is 4.97. The van der Waals surface area contributed by atoms with Crippen molar-refractivity contribution in [2.24, 2.45) is 0 Å². The smallest absolute Gasteiger partial charge is 0.324 e. The Kier molecular flexibility index (Phi) is 4.52. The van der Waals surface area contributed by atoms with Gasteiger partial charge in [-0.2, -0.15) is 0 Å². The van der Waals surface area contributed by atoms with Crippen molar-refractivity contribution >= 4 is 13.5 Å². The second kappa shape index (κ2) is 4.69. The molecular formula is C5H13N2O5P. The van der Waals surface area contributed by atoms with Crippen LogP contribution in [0.25, 0.3) is 0 Å². The lowest BCUT2D eigenvalue weighted by atomic mass is 10.3. The number of amides is 1. The molecule has 8 heteroatoms. The topological polar surface area (TPSA) is 110 Å². The Morgan fingerprint density at radius 2 is 2.08 bits per heavy atom. The van der Waals surface area contributed by atoms with Gasteiger partial charge in [0.05, 0.1) is 6.04 Å². The number of carbonyl (C=O) groups excluding carboxylic acids is 1. The van der Waals surface area contributed by atoms with Crippen LogP contribution in [0.4, 0.5) is 0 Å². The maximum atomic E-state index is 10.8. The average molecular weight is 212 g/mol. The van der Waals surface area contributed by atoms with Crippen molar-refractivity contribution in [2.75, 3.05) is 13.3 Å². The lowest BCUT2D eigenvalue weighted by Crippen LogP contribution is -2.42. The Morgan fingerprint density at radius 1 is 1.62 bits per heavy atom. The first-order valence-electron chi connectivity index (χ1n) is 3.46. The molecule has 0 bridgehead atoms. The fourth-order valence-electron chi connectivity index (χ4n) is 0.707. The zero-order valence-corrected chi connectivity index (χ0v) is 8.23. The lowest BCUT2D eigenvalue weighted by molar-refractivity contribution is -0.133. The van der Waals surface area contributed by atoms with Gasteiger partial charge >= 0.3 is 7.60 Å². The molecule has 0 heterocycles. The van der Waals surface area contributed by atoms with Crippen LogP contribution in [0.1, 0.15) is 6.92 Å². The van der Waals surface area contributed by atoms with Crippen LogP contribution in [-0.2, 0) is 9.36 Å². The van der Waals surface area contributed by atoms with E-state index in [-0.39, 0.29) is 0 Å². The van der Waals surface area contributed by atoms with Gasteiger partial charge in [0.15, 0.2) is 0 Å². The standard InChI is InChI=1S/C5H13N2O5P/c1-4(5(8)6-9)7(2)3-13(10,11)12/h4,9H,3H2,1-2H3,(H,6,8)(H2,10,11,12)/t4-/m0/s1. The van der Waals surface area contributed by atoms with Crippen LogP contribution in [-0.4, -0.2) is 45.2 Å². The maximum absolute atomic E-state index is 10.8. The van der Waals surface area contributed by atoms with Gasteiger partial charge in [0.1, 0.15) is 6.29 Å². The van der Waals surface area contributed by atoms with Gasteiger partial charge in [-0.3, -0.25) is 19.5 Å². The molecule has 1 amide bonds. The van der Waals surface area contributed by atoms with Crippen molar-refractivity contribution in [2.45, 2.75) is 13.0 Å². The maximum Gasteiger partial charge on any atom is 0.339 e. The number of hydroxylamine groups is 1. The zero-order valence-electron chi connectivity index (χ0n) is 7.34. The van der Waals surface area contributed by atoms with Crippen molar-refractivity contribution in [3.8, 4) is 0 Å². The molecule has 0 unspecified atom stereocenters. The zero-order chi connectivity index (χ0) is 10.6. The molecule has 0 aliphatic carbocycles. The molecule has 7 nitrogen and oxygen atoms in total. The number of likely N-dealkylation sites (N-methyl/N-ethyl adjacent to an activating group) is 1. The molecule has 1 atom stereocenters. The van der Waals surface area contributed by atoms with E-state index in [0.717, 1.165) is 4.90 Å². The molecule has 13 heavy (non-hydrogen) atoms. The quantitative estimate of drug-likeness (QED) is 0.269. The van der Waals surface area contributed by atoms with Crippen LogP contribution in [0.3, 0.4) is 0 Å². The summed E-state index contributed by atoms with van der Waals surface area (Å²) in [6.45, 7) is 1.42. The molecule has 0 aromatic heterocycles. The summed E-state index contributed by atoms with van der Waals surface area (Å²) in [7, 11) is -2.79. The van der Waals surface area contributed by atoms with Gasteiger partial charge in [-0.15, -0.1) is 0 Å². The summed E-state index contributed by atoms with van der Waals surface area (Å²) < 4.78 is 10.5. The Labute approximate surface area is 75.5 Å². The van der Waals surface area contributed by atoms with Crippen LogP contribution in [0.15, 0.2) is 0 Å². The number of hydrogen-bond acceptors (Lipinski definition) is 4. The number of nitrogens with zero attached hydrogens (tertiary/aromatic N) is 1. The molecule has 0 fully saturated rings. The largest absolute Gasteiger partial charge is 0.339 e. The average Bonchev–Trinajstić information content (AvgIpc) is 1.98. The van der Waals surface area contributed by atoms with Gasteiger partial charge in [0, 0.05) is 0 Å². The summed E-state index contributed by atoms with van der Waals surface area (Å²) >= 11 is 0. The minimum atomic E-state index is -4.16. The monoisotopic (exact) mass is 212 g/mol. The van der Waals surface area contributed by atoms with Crippen molar-refractivity contribution in [3.05, 3.63) is 0 Å². The van der Waals surface area contributed by atoms with Crippen LogP contribution in [0.5, 0.6) is 0 Å². The van der Waals surface area contributed by atoms with E-state index in [4.69, 9.17) is 15.0 Å². The van der Waals surface area contributed by atoms with Crippen LogP contribution >= 0.6 is 7.60 Å². The van der Waals surface area contributed by atoms with Gasteiger partial charge in [0.2, 0.25) is 0 Å². The molecule has 0 aromatic carbocycles. The van der Waals surface area contributed by atoms with Gasteiger partial charge in [0.25, 0.3) is 5.91 Å². The van der Waals surface area contributed by atoms with E-state index >= 15 is 0 Å². The first-order chi connectivity index (χ1) is 5.78. The third-order valence-corrected chi connectivity index (χ3v) is 2.37. The normalized spacial score (nSPS) is 14.3. The third-order valence-electron chi connectivity index (χ3n) is 1.56. The Morgan fingerprint density at radius 3 is 2.38 bits per heavy atom. The molecule has 0 aromatic rings. The van der Waals surface area contributed by atoms with Gasteiger partial charge < -0.3 is 9.79 Å². The summed E-state index contributed by atoms with van der Waals surface area (Å²) in [5.41, 5.74) is 1.40. The molecule has 4 N–H and O–H groups in total. The Bertz CT molecular complexity index is 227. The minimum absolute atomic E-state index is 0.526. The molecule has 0 radical (unpaired) electrons. The Balaban J connectivity index is 4.19. The van der Waals surface area contributed by atoms with Gasteiger partial charge in [-0.25, -0.2) is 5.48 Å². The number of nitrogens with one attached hydrogen (secondary N) is 1. The van der Waals surface area contributed by atoms with E-state index in [1.807, 2.05) is 0 Å². The second-order valence-corrected chi connectivity index (χ2v) is 4.33. The first-order valence-corrected chi connectivity index (χ1v) is 5.26. The summed E-state index contributed by atoms with van der Waals surface area (Å²) in [4.78, 5) is 29.1. The summed E-state index contributed by atoms with van der Waals surface area (Å²) in [6.07, 6.45) is -0.526. The van der Waals surface area contributed by atoms with Gasteiger partial charge in [-0.05, 0) is 14.0 Å². The molecule has 0 aliphatic rings. The first kappa shape index (κ1) is 12.5. The molecule has 0 spiro atoms. The van der Waals surface area contributed by atoms with Crippen LogP contribution in [0, 0.1) is 0 Å².